The van der Waals surface area contributed by atoms with Gasteiger partial charge in [0.1, 0.15) is 6.10 Å². The van der Waals surface area contributed by atoms with E-state index < -0.39 is 60.8 Å². The average Bonchev–Trinajstić information content (AvgIpc) is 3.66. The first-order valence-electron chi connectivity index (χ1n) is 12.3. The van der Waals surface area contributed by atoms with Crippen molar-refractivity contribution in [3.8, 4) is 0 Å². The van der Waals surface area contributed by atoms with E-state index in [1.807, 2.05) is 0 Å². The fraction of sp³-hybridized carbons (Fsp3) is 0.550. The van der Waals surface area contributed by atoms with Crippen LogP contribution >= 0.6 is 19.0 Å². The standard InChI is InChI=1S/C20H22FN10O7PS/c21-11-8-2-1-7-3-9(18(36-7)30-6-25-12-15(30)26-20(22)27-17(12)33)38-39(34,40)35-4-10(8)37-19(11)31-14-13(28-29-31)16(32)24-5-23-14/h5-11,18-19H,1-4H2,(H,34,40)(H,23,24,32)(H3,22,26,27,33)/t7?,8-,9-,10-,11+,18-,19-,39?/m1/s1. The number of fused-ring (bicyclic) bond motifs is 5. The molecule has 0 spiro atoms. The van der Waals surface area contributed by atoms with Gasteiger partial charge in [0.05, 0.1) is 31.5 Å². The van der Waals surface area contributed by atoms with Gasteiger partial charge in [-0.2, -0.15) is 9.67 Å². The first kappa shape index (κ1) is 25.7. The molecule has 20 heteroatoms. The maximum Gasteiger partial charge on any atom is 0.386 e. The summed E-state index contributed by atoms with van der Waals surface area (Å²) in [4.78, 5) is 41.4. The molecule has 3 aliphatic heterocycles. The molecule has 0 amide bonds. The summed E-state index contributed by atoms with van der Waals surface area (Å²) in [6.45, 7) is -4.29. The fourth-order valence-electron chi connectivity index (χ4n) is 5.54. The summed E-state index contributed by atoms with van der Waals surface area (Å²) >= 11 is 4.14. The van der Waals surface area contributed by atoms with Crippen LogP contribution in [-0.2, 0) is 23.1 Å². The summed E-state index contributed by atoms with van der Waals surface area (Å²) < 4.78 is 55.4. The molecule has 7 rings (SSSR count). The number of thiol groups is 1. The Morgan fingerprint density at radius 1 is 1.10 bits per heavy atom. The van der Waals surface area contributed by atoms with Crippen molar-refractivity contribution in [2.24, 2.45) is 5.92 Å². The summed E-state index contributed by atoms with van der Waals surface area (Å²) in [7, 11) is 0. The molecule has 0 radical (unpaired) electrons. The van der Waals surface area contributed by atoms with E-state index in [1.54, 1.807) is 0 Å². The van der Waals surface area contributed by atoms with Gasteiger partial charge in [0.2, 0.25) is 5.95 Å². The molecule has 212 valence electrons. The molecule has 3 saturated heterocycles. The zero-order valence-electron chi connectivity index (χ0n) is 20.4. The minimum atomic E-state index is -4.01. The van der Waals surface area contributed by atoms with Gasteiger partial charge in [-0.05, 0) is 12.8 Å². The van der Waals surface area contributed by atoms with Crippen LogP contribution < -0.4 is 16.9 Å². The van der Waals surface area contributed by atoms with Crippen LogP contribution in [0.5, 0.6) is 0 Å². The molecule has 0 aliphatic carbocycles. The molecule has 0 saturated carbocycles. The van der Waals surface area contributed by atoms with Gasteiger partial charge in [0.15, 0.2) is 41.0 Å². The summed E-state index contributed by atoms with van der Waals surface area (Å²) in [5, 5.41) is 7.70. The summed E-state index contributed by atoms with van der Waals surface area (Å²) in [5.74, 6) is -0.826. The Morgan fingerprint density at radius 3 is 2.80 bits per heavy atom. The Balaban J connectivity index is 1.18. The summed E-state index contributed by atoms with van der Waals surface area (Å²) in [5.41, 5.74) is 4.88. The van der Waals surface area contributed by atoms with Gasteiger partial charge in [0, 0.05) is 12.3 Å². The molecular weight excluding hydrogens is 574 g/mol. The molecule has 2 unspecified atom stereocenters. The molecule has 3 aliphatic rings. The van der Waals surface area contributed by atoms with Gasteiger partial charge in [-0.3, -0.25) is 28.2 Å². The molecule has 4 N–H and O–H groups in total. The van der Waals surface area contributed by atoms with Crippen molar-refractivity contribution in [2.75, 3.05) is 12.3 Å². The normalized spacial score (nSPS) is 34.7. The Labute approximate surface area is 227 Å². The van der Waals surface area contributed by atoms with E-state index in [9.17, 15) is 14.2 Å². The van der Waals surface area contributed by atoms with Crippen molar-refractivity contribution >= 4 is 47.3 Å². The number of aromatic nitrogens is 9. The summed E-state index contributed by atoms with van der Waals surface area (Å²) in [6.07, 6.45) is -2.33. The van der Waals surface area contributed by atoms with Crippen LogP contribution in [0.15, 0.2) is 22.2 Å². The van der Waals surface area contributed by atoms with E-state index in [0.717, 1.165) is 4.68 Å². The smallest absolute Gasteiger partial charge is 0.369 e. The highest BCUT2D eigenvalue weighted by Crippen LogP contribution is 2.58. The van der Waals surface area contributed by atoms with Gasteiger partial charge >= 0.3 is 6.80 Å². The first-order valence-corrected chi connectivity index (χ1v) is 15.0. The van der Waals surface area contributed by atoms with Crippen molar-refractivity contribution in [2.45, 2.75) is 56.2 Å². The number of nitrogens with zero attached hydrogens (tertiary/aromatic N) is 7. The maximum atomic E-state index is 15.9. The molecule has 7 heterocycles. The van der Waals surface area contributed by atoms with Crippen molar-refractivity contribution < 1.29 is 27.5 Å². The second-order valence-corrected chi connectivity index (χ2v) is 12.6. The zero-order valence-corrected chi connectivity index (χ0v) is 22.2. The van der Waals surface area contributed by atoms with E-state index in [4.69, 9.17) is 24.3 Å². The number of ether oxygens (including phenoxy) is 2. The average molecular weight is 596 g/mol. The highest BCUT2D eigenvalue weighted by atomic mass is 32.7. The highest BCUT2D eigenvalue weighted by Gasteiger charge is 2.50. The Bertz CT molecular complexity index is 1780. The fourth-order valence-corrected chi connectivity index (χ4v) is 7.03. The SMILES string of the molecule is Nc1nc2c(ncn2[C@@H]2OC3CC[C@H]4[C@H](F)[C@H](n5nnc6c(=O)[nH]cnc65)O[C@@H]4COP(=O)(S)O[C@@H]2C3)c(=O)[nH]1. The van der Waals surface area contributed by atoms with E-state index >= 15 is 4.39 Å². The van der Waals surface area contributed by atoms with Crippen molar-refractivity contribution in [3.05, 3.63) is 33.4 Å². The first-order chi connectivity index (χ1) is 19.2. The molecule has 40 heavy (non-hydrogen) atoms. The number of anilines is 1. The van der Waals surface area contributed by atoms with Crippen LogP contribution in [0.1, 0.15) is 31.7 Å². The Hall–Kier alpha value is -3.22. The third-order valence-corrected chi connectivity index (χ3v) is 8.99. The molecule has 17 nitrogen and oxygen atoms in total. The van der Waals surface area contributed by atoms with Crippen molar-refractivity contribution in [1.82, 2.24) is 44.5 Å². The molecule has 2 bridgehead atoms. The van der Waals surface area contributed by atoms with E-state index in [2.05, 4.69) is 47.5 Å². The quantitative estimate of drug-likeness (QED) is 0.184. The number of alkyl halides is 1. The largest absolute Gasteiger partial charge is 0.386 e. The van der Waals surface area contributed by atoms with Crippen LogP contribution in [0.25, 0.3) is 22.3 Å². The van der Waals surface area contributed by atoms with Crippen LogP contribution in [-0.4, -0.2) is 75.6 Å². The van der Waals surface area contributed by atoms with E-state index in [1.165, 1.54) is 17.2 Å². The minimum absolute atomic E-state index is 0.0424. The lowest BCUT2D eigenvalue weighted by Gasteiger charge is -2.25. The topological polar surface area (TPSA) is 220 Å². The number of imidazole rings is 1. The number of aromatic amines is 2. The zero-order chi connectivity index (χ0) is 27.8. The predicted octanol–water partition coefficient (Wildman–Crippen LogP) is 0.603. The molecular formula is C20H22FN10O7PS. The Kier molecular flexibility index (Phi) is 6.06. The lowest BCUT2D eigenvalue weighted by Crippen LogP contribution is -2.28. The highest BCUT2D eigenvalue weighted by molar-refractivity contribution is 8.44. The molecule has 4 aromatic heterocycles. The van der Waals surface area contributed by atoms with Crippen LogP contribution in [0, 0.1) is 5.92 Å². The van der Waals surface area contributed by atoms with E-state index in [-0.39, 0.29) is 41.3 Å². The van der Waals surface area contributed by atoms with Gasteiger partial charge in [-0.25, -0.2) is 18.9 Å². The third kappa shape index (κ3) is 4.24. The predicted molar refractivity (Wildman–Crippen MR) is 136 cm³/mol. The third-order valence-electron chi connectivity index (χ3n) is 7.34. The van der Waals surface area contributed by atoms with E-state index in [0.29, 0.717) is 12.8 Å². The minimum Gasteiger partial charge on any atom is -0.369 e. The van der Waals surface area contributed by atoms with Gasteiger partial charge in [-0.15, -0.1) is 5.10 Å². The number of rotatable bonds is 2. The number of nitrogens with two attached hydrogens (primary N) is 1. The second kappa shape index (κ2) is 9.42. The van der Waals surface area contributed by atoms with Crippen LogP contribution in [0.3, 0.4) is 0 Å². The maximum absolute atomic E-state index is 15.9. The van der Waals surface area contributed by atoms with Gasteiger partial charge < -0.3 is 20.2 Å². The lowest BCUT2D eigenvalue weighted by molar-refractivity contribution is -0.0531. The number of H-pyrrole nitrogens is 2. The molecule has 4 aromatic rings. The number of hydrogen-bond donors (Lipinski definition) is 4. The number of nitrogen functional groups attached to an aromatic ring is 1. The monoisotopic (exact) mass is 596 g/mol. The molecule has 8 atom stereocenters. The van der Waals surface area contributed by atoms with Gasteiger partial charge in [0.25, 0.3) is 11.1 Å². The molecule has 3 fully saturated rings. The number of hydrogen-bond acceptors (Lipinski definition) is 13. The Morgan fingerprint density at radius 2 is 1.95 bits per heavy atom. The lowest BCUT2D eigenvalue weighted by atomic mass is 9.92. The second-order valence-electron chi connectivity index (χ2n) is 9.76. The van der Waals surface area contributed by atoms with Crippen molar-refractivity contribution in [1.29, 1.82) is 0 Å². The number of halogens is 1. The van der Waals surface area contributed by atoms with Crippen molar-refractivity contribution in [3.63, 3.8) is 0 Å². The van der Waals surface area contributed by atoms with Crippen LogP contribution in [0.2, 0.25) is 0 Å². The van der Waals surface area contributed by atoms with Gasteiger partial charge in [-0.1, -0.05) is 17.5 Å². The van der Waals surface area contributed by atoms with Crippen LogP contribution in [0.4, 0.5) is 10.3 Å². The summed E-state index contributed by atoms with van der Waals surface area (Å²) in [6, 6.07) is 0. The molecule has 0 aromatic carbocycles. The number of nitrogens with one attached hydrogen (secondary N) is 2.